The molecule has 0 saturated carbocycles. The molecule has 0 fully saturated rings. The number of fused-ring (bicyclic) bond motifs is 1. The Hall–Kier alpha value is -1.35. The summed E-state index contributed by atoms with van der Waals surface area (Å²) >= 11 is 0. The average molecular weight is 205 g/mol. The topological polar surface area (TPSA) is 63.3 Å². The summed E-state index contributed by atoms with van der Waals surface area (Å²) in [5.41, 5.74) is 9.30. The van der Waals surface area contributed by atoms with Crippen LogP contribution in [-0.2, 0) is 24.1 Å². The van der Waals surface area contributed by atoms with E-state index in [0.29, 0.717) is 6.42 Å². The Morgan fingerprint density at radius 1 is 1.40 bits per heavy atom. The van der Waals surface area contributed by atoms with Crippen molar-refractivity contribution in [3.63, 3.8) is 0 Å². The third-order valence-electron chi connectivity index (χ3n) is 2.94. The van der Waals surface area contributed by atoms with Gasteiger partial charge in [-0.3, -0.25) is 4.79 Å². The summed E-state index contributed by atoms with van der Waals surface area (Å²) in [5.74, 6) is -0.935. The Balaban J connectivity index is 2.13. The van der Waals surface area contributed by atoms with Crippen LogP contribution in [0.15, 0.2) is 18.2 Å². The van der Waals surface area contributed by atoms with Crippen LogP contribution in [0.1, 0.15) is 23.1 Å². The van der Waals surface area contributed by atoms with Gasteiger partial charge in [0.2, 0.25) is 0 Å². The van der Waals surface area contributed by atoms with Crippen LogP contribution in [0.5, 0.6) is 0 Å². The summed E-state index contributed by atoms with van der Waals surface area (Å²) in [6, 6.07) is 5.41. The van der Waals surface area contributed by atoms with Gasteiger partial charge in [-0.05, 0) is 42.4 Å². The number of carboxylic acids is 1. The highest BCUT2D eigenvalue weighted by atomic mass is 16.4. The summed E-state index contributed by atoms with van der Waals surface area (Å²) in [7, 11) is 0. The number of carbonyl (C=O) groups is 1. The molecule has 1 aliphatic carbocycles. The predicted molar refractivity (Wildman–Crippen MR) is 57.8 cm³/mol. The summed E-state index contributed by atoms with van der Waals surface area (Å²) < 4.78 is 0. The molecule has 3 heteroatoms. The fourth-order valence-electron chi connectivity index (χ4n) is 2.09. The van der Waals surface area contributed by atoms with E-state index in [1.807, 2.05) is 6.07 Å². The Bertz CT molecular complexity index is 387. The molecular weight excluding hydrogens is 190 g/mol. The van der Waals surface area contributed by atoms with Crippen LogP contribution in [0.2, 0.25) is 0 Å². The third-order valence-corrected chi connectivity index (χ3v) is 2.94. The largest absolute Gasteiger partial charge is 0.480 e. The zero-order valence-corrected chi connectivity index (χ0v) is 8.57. The van der Waals surface area contributed by atoms with Gasteiger partial charge in [-0.15, -0.1) is 0 Å². The van der Waals surface area contributed by atoms with Crippen molar-refractivity contribution >= 4 is 5.97 Å². The highest BCUT2D eigenvalue weighted by Crippen LogP contribution is 2.23. The minimum Gasteiger partial charge on any atom is -0.480 e. The molecule has 0 aliphatic heterocycles. The summed E-state index contributed by atoms with van der Waals surface area (Å²) in [6.07, 6.45) is 3.90. The SMILES string of the molecule is N[C@@H](Cc1ccc2c(c1)CCC2)C(=O)O. The molecule has 0 radical (unpaired) electrons. The predicted octanol–water partition coefficient (Wildman–Crippen LogP) is 1.13. The van der Waals surface area contributed by atoms with E-state index in [1.54, 1.807) is 0 Å². The maximum atomic E-state index is 10.6. The van der Waals surface area contributed by atoms with E-state index >= 15 is 0 Å². The molecule has 0 saturated heterocycles. The van der Waals surface area contributed by atoms with Crippen molar-refractivity contribution in [2.45, 2.75) is 31.7 Å². The molecular formula is C12H15NO2. The summed E-state index contributed by atoms with van der Waals surface area (Å²) in [4.78, 5) is 10.6. The van der Waals surface area contributed by atoms with Gasteiger partial charge in [0.1, 0.15) is 6.04 Å². The van der Waals surface area contributed by atoms with Crippen LogP contribution >= 0.6 is 0 Å². The van der Waals surface area contributed by atoms with Gasteiger partial charge in [0, 0.05) is 0 Å². The first-order valence-electron chi connectivity index (χ1n) is 5.26. The zero-order valence-electron chi connectivity index (χ0n) is 8.57. The van der Waals surface area contributed by atoms with E-state index in [4.69, 9.17) is 10.8 Å². The lowest BCUT2D eigenvalue weighted by atomic mass is 10.0. The number of aryl methyl sites for hydroxylation is 2. The second kappa shape index (κ2) is 4.03. The molecule has 0 aromatic heterocycles. The number of aliphatic carboxylic acids is 1. The first-order valence-corrected chi connectivity index (χ1v) is 5.26. The minimum atomic E-state index is -0.935. The van der Waals surface area contributed by atoms with E-state index in [-0.39, 0.29) is 0 Å². The Morgan fingerprint density at radius 2 is 2.13 bits per heavy atom. The first kappa shape index (κ1) is 10.2. The molecule has 1 aromatic carbocycles. The van der Waals surface area contributed by atoms with E-state index < -0.39 is 12.0 Å². The van der Waals surface area contributed by atoms with Gasteiger partial charge in [0.05, 0.1) is 0 Å². The lowest BCUT2D eigenvalue weighted by molar-refractivity contribution is -0.138. The second-order valence-corrected chi connectivity index (χ2v) is 4.11. The van der Waals surface area contributed by atoms with Gasteiger partial charge in [-0.1, -0.05) is 18.2 Å². The molecule has 0 heterocycles. The van der Waals surface area contributed by atoms with E-state index in [0.717, 1.165) is 18.4 Å². The lowest BCUT2D eigenvalue weighted by Crippen LogP contribution is -2.32. The molecule has 2 rings (SSSR count). The highest BCUT2D eigenvalue weighted by molar-refractivity contribution is 5.73. The van der Waals surface area contributed by atoms with Gasteiger partial charge in [-0.2, -0.15) is 0 Å². The van der Waals surface area contributed by atoms with Crippen molar-refractivity contribution in [2.75, 3.05) is 0 Å². The monoisotopic (exact) mass is 205 g/mol. The zero-order chi connectivity index (χ0) is 10.8. The summed E-state index contributed by atoms with van der Waals surface area (Å²) in [5, 5.41) is 8.71. The lowest BCUT2D eigenvalue weighted by Gasteiger charge is -2.08. The van der Waals surface area contributed by atoms with E-state index in [2.05, 4.69) is 12.1 Å². The maximum Gasteiger partial charge on any atom is 0.320 e. The van der Waals surface area contributed by atoms with Crippen LogP contribution in [0.25, 0.3) is 0 Å². The van der Waals surface area contributed by atoms with Gasteiger partial charge in [0.15, 0.2) is 0 Å². The molecule has 1 atom stereocenters. The van der Waals surface area contributed by atoms with Gasteiger partial charge in [0.25, 0.3) is 0 Å². The summed E-state index contributed by atoms with van der Waals surface area (Å²) in [6.45, 7) is 0. The van der Waals surface area contributed by atoms with Crippen molar-refractivity contribution in [1.29, 1.82) is 0 Å². The molecule has 1 aliphatic rings. The molecule has 0 bridgehead atoms. The molecule has 0 spiro atoms. The van der Waals surface area contributed by atoms with Crippen LogP contribution < -0.4 is 5.73 Å². The van der Waals surface area contributed by atoms with Crippen molar-refractivity contribution in [3.8, 4) is 0 Å². The highest BCUT2D eigenvalue weighted by Gasteiger charge is 2.15. The number of rotatable bonds is 3. The number of carboxylic acid groups (broad SMARTS) is 1. The van der Waals surface area contributed by atoms with Crippen molar-refractivity contribution in [1.82, 2.24) is 0 Å². The van der Waals surface area contributed by atoms with Crippen LogP contribution in [-0.4, -0.2) is 17.1 Å². The molecule has 0 amide bonds. The van der Waals surface area contributed by atoms with Crippen molar-refractivity contribution in [3.05, 3.63) is 34.9 Å². The molecule has 15 heavy (non-hydrogen) atoms. The van der Waals surface area contributed by atoms with E-state index in [1.165, 1.54) is 17.5 Å². The number of hydrogen-bond acceptors (Lipinski definition) is 2. The minimum absolute atomic E-state index is 0.419. The molecule has 80 valence electrons. The number of nitrogens with two attached hydrogens (primary N) is 1. The Kier molecular flexibility index (Phi) is 2.73. The maximum absolute atomic E-state index is 10.6. The normalized spacial score (nSPS) is 16.1. The Morgan fingerprint density at radius 3 is 2.87 bits per heavy atom. The van der Waals surface area contributed by atoms with Gasteiger partial charge >= 0.3 is 5.97 Å². The van der Waals surface area contributed by atoms with Crippen LogP contribution in [0.3, 0.4) is 0 Å². The standard InChI is InChI=1S/C12H15NO2/c13-11(12(14)15)7-8-4-5-9-2-1-3-10(9)6-8/h4-6,11H,1-3,7,13H2,(H,14,15)/t11-/m0/s1. The van der Waals surface area contributed by atoms with Crippen molar-refractivity contribution in [2.24, 2.45) is 5.73 Å². The number of benzene rings is 1. The molecule has 3 nitrogen and oxygen atoms in total. The molecule has 1 aromatic rings. The quantitative estimate of drug-likeness (QED) is 0.777. The first-order chi connectivity index (χ1) is 7.16. The average Bonchev–Trinajstić information content (AvgIpc) is 2.64. The van der Waals surface area contributed by atoms with Crippen molar-refractivity contribution < 1.29 is 9.90 Å². The van der Waals surface area contributed by atoms with E-state index in [9.17, 15) is 4.79 Å². The molecule has 3 N–H and O–H groups in total. The second-order valence-electron chi connectivity index (χ2n) is 4.11. The number of hydrogen-bond donors (Lipinski definition) is 2. The smallest absolute Gasteiger partial charge is 0.320 e. The third kappa shape index (κ3) is 2.18. The fourth-order valence-corrected chi connectivity index (χ4v) is 2.09. The Labute approximate surface area is 88.9 Å². The molecule has 0 unspecified atom stereocenters. The van der Waals surface area contributed by atoms with Gasteiger partial charge < -0.3 is 10.8 Å². The fraction of sp³-hybridized carbons (Fsp3) is 0.417. The van der Waals surface area contributed by atoms with Crippen LogP contribution in [0.4, 0.5) is 0 Å². The van der Waals surface area contributed by atoms with Gasteiger partial charge in [-0.25, -0.2) is 0 Å². The van der Waals surface area contributed by atoms with Crippen LogP contribution in [0, 0.1) is 0 Å².